The third-order valence-electron chi connectivity index (χ3n) is 5.06. The fourth-order valence-corrected chi connectivity index (χ4v) is 3.31. The molecule has 0 bridgehead atoms. The van der Waals surface area contributed by atoms with Crippen molar-refractivity contribution in [1.29, 1.82) is 0 Å². The quantitative estimate of drug-likeness (QED) is 0.789. The molecule has 0 spiro atoms. The molecular formula is C18H21F2N5O3. The zero-order valence-corrected chi connectivity index (χ0v) is 16.0. The van der Waals surface area contributed by atoms with Crippen molar-refractivity contribution in [3.63, 3.8) is 0 Å². The number of aryl methyl sites for hydroxylation is 1. The van der Waals surface area contributed by atoms with E-state index in [1.54, 1.807) is 25.8 Å². The average Bonchev–Trinajstić information content (AvgIpc) is 3.06. The van der Waals surface area contributed by atoms with Crippen molar-refractivity contribution in [2.24, 2.45) is 7.05 Å². The van der Waals surface area contributed by atoms with Crippen LogP contribution >= 0.6 is 0 Å². The SMILES string of the molecule is COc1nc(C(=O)N2CCN(C(=O)c3cccc(F)c3F)[C@H](C)[C@H]2C)nn1C. The zero-order valence-electron chi connectivity index (χ0n) is 16.0. The topological polar surface area (TPSA) is 80.6 Å². The Balaban J connectivity index is 1.79. The molecule has 1 aromatic heterocycles. The van der Waals surface area contributed by atoms with Crippen LogP contribution in [-0.2, 0) is 7.05 Å². The summed E-state index contributed by atoms with van der Waals surface area (Å²) >= 11 is 0. The van der Waals surface area contributed by atoms with Crippen LogP contribution in [0.25, 0.3) is 0 Å². The standard InChI is InChI=1S/C18H21F2N5O3/c1-10-11(2)25(17(27)15-21-18(28-4)23(3)22-15)9-8-24(10)16(26)12-6-5-7-13(19)14(12)20/h5-7,10-11H,8-9H2,1-4H3/t10-,11-/m1/s1. The Labute approximate surface area is 160 Å². The van der Waals surface area contributed by atoms with Crippen molar-refractivity contribution in [3.8, 4) is 6.01 Å². The number of hydrogen-bond donors (Lipinski definition) is 0. The number of nitrogens with zero attached hydrogens (tertiary/aromatic N) is 5. The molecule has 1 aliphatic rings. The number of carbonyl (C=O) groups is 2. The molecule has 2 aromatic rings. The first-order valence-electron chi connectivity index (χ1n) is 8.77. The number of piperazine rings is 1. The molecule has 0 N–H and O–H groups in total. The van der Waals surface area contributed by atoms with Gasteiger partial charge in [-0.25, -0.2) is 13.5 Å². The first kappa shape index (κ1) is 19.7. The fourth-order valence-electron chi connectivity index (χ4n) is 3.31. The van der Waals surface area contributed by atoms with E-state index in [-0.39, 0.29) is 42.4 Å². The van der Waals surface area contributed by atoms with Gasteiger partial charge in [-0.15, -0.1) is 5.10 Å². The molecule has 2 amide bonds. The molecule has 0 saturated carbocycles. The maximum atomic E-state index is 14.0. The molecule has 3 rings (SSSR count). The smallest absolute Gasteiger partial charge is 0.314 e. The normalized spacial score (nSPS) is 19.6. The van der Waals surface area contributed by atoms with Gasteiger partial charge in [-0.05, 0) is 26.0 Å². The van der Waals surface area contributed by atoms with E-state index in [9.17, 15) is 18.4 Å². The minimum atomic E-state index is -1.17. The van der Waals surface area contributed by atoms with Gasteiger partial charge >= 0.3 is 6.01 Å². The number of methoxy groups -OCH3 is 1. The van der Waals surface area contributed by atoms with Gasteiger partial charge in [0.25, 0.3) is 11.8 Å². The van der Waals surface area contributed by atoms with Crippen molar-refractivity contribution >= 4 is 11.8 Å². The van der Waals surface area contributed by atoms with E-state index in [0.29, 0.717) is 0 Å². The van der Waals surface area contributed by atoms with E-state index < -0.39 is 23.6 Å². The largest absolute Gasteiger partial charge is 0.467 e. The molecule has 10 heteroatoms. The van der Waals surface area contributed by atoms with Crippen molar-refractivity contribution < 1.29 is 23.1 Å². The summed E-state index contributed by atoms with van der Waals surface area (Å²) in [7, 11) is 3.04. The Bertz CT molecular complexity index is 917. The van der Waals surface area contributed by atoms with Crippen LogP contribution in [0.3, 0.4) is 0 Å². The van der Waals surface area contributed by atoms with Crippen molar-refractivity contribution in [3.05, 3.63) is 41.2 Å². The Kier molecular flexibility index (Phi) is 5.30. The lowest BCUT2D eigenvalue weighted by molar-refractivity contribution is 0.0231. The molecule has 1 aliphatic heterocycles. The van der Waals surface area contributed by atoms with E-state index in [4.69, 9.17) is 4.74 Å². The number of hydrogen-bond acceptors (Lipinski definition) is 5. The summed E-state index contributed by atoms with van der Waals surface area (Å²) in [6, 6.07) is 2.91. The minimum absolute atomic E-state index is 0.00523. The summed E-state index contributed by atoms with van der Waals surface area (Å²) in [4.78, 5) is 32.6. The molecule has 8 nitrogen and oxygen atoms in total. The third-order valence-corrected chi connectivity index (χ3v) is 5.06. The van der Waals surface area contributed by atoms with Gasteiger partial charge in [0.1, 0.15) is 0 Å². The van der Waals surface area contributed by atoms with Gasteiger partial charge in [0, 0.05) is 32.2 Å². The number of rotatable bonds is 3. The molecule has 2 atom stereocenters. The molecule has 0 aliphatic carbocycles. The highest BCUT2D eigenvalue weighted by molar-refractivity contribution is 5.95. The third kappa shape index (κ3) is 3.30. The highest BCUT2D eigenvalue weighted by Gasteiger charge is 2.38. The van der Waals surface area contributed by atoms with Crippen LogP contribution in [0.4, 0.5) is 8.78 Å². The molecule has 0 unspecified atom stereocenters. The number of carbonyl (C=O) groups excluding carboxylic acids is 2. The van der Waals surface area contributed by atoms with E-state index in [0.717, 1.165) is 6.07 Å². The molecule has 0 radical (unpaired) electrons. The van der Waals surface area contributed by atoms with Gasteiger partial charge in [-0.3, -0.25) is 9.59 Å². The Morgan fingerprint density at radius 1 is 1.11 bits per heavy atom. The lowest BCUT2D eigenvalue weighted by Gasteiger charge is -2.44. The van der Waals surface area contributed by atoms with E-state index in [1.165, 1.54) is 28.8 Å². The molecule has 1 fully saturated rings. The highest BCUT2D eigenvalue weighted by atomic mass is 19.2. The molecule has 28 heavy (non-hydrogen) atoms. The molecule has 1 saturated heterocycles. The van der Waals surface area contributed by atoms with Crippen LogP contribution in [0.2, 0.25) is 0 Å². The number of halogens is 2. The monoisotopic (exact) mass is 393 g/mol. The molecule has 2 heterocycles. The number of ether oxygens (including phenoxy) is 1. The van der Waals surface area contributed by atoms with Crippen molar-refractivity contribution in [2.45, 2.75) is 25.9 Å². The van der Waals surface area contributed by atoms with Crippen LogP contribution < -0.4 is 4.74 Å². The molecule has 150 valence electrons. The predicted octanol–water partition coefficient (Wildman–Crippen LogP) is 1.48. The lowest BCUT2D eigenvalue weighted by Crippen LogP contribution is -2.60. The summed E-state index contributed by atoms with van der Waals surface area (Å²) < 4.78 is 33.9. The minimum Gasteiger partial charge on any atom is -0.467 e. The second-order valence-corrected chi connectivity index (χ2v) is 6.63. The number of benzene rings is 1. The Morgan fingerprint density at radius 2 is 1.71 bits per heavy atom. The Morgan fingerprint density at radius 3 is 2.29 bits per heavy atom. The van der Waals surface area contributed by atoms with Gasteiger partial charge in [-0.1, -0.05) is 6.07 Å². The van der Waals surface area contributed by atoms with Crippen molar-refractivity contribution in [2.75, 3.05) is 20.2 Å². The van der Waals surface area contributed by atoms with E-state index >= 15 is 0 Å². The second-order valence-electron chi connectivity index (χ2n) is 6.63. The van der Waals surface area contributed by atoms with E-state index in [2.05, 4.69) is 10.1 Å². The van der Waals surface area contributed by atoms with E-state index in [1.807, 2.05) is 0 Å². The molecular weight excluding hydrogens is 372 g/mol. The van der Waals surface area contributed by atoms with Gasteiger partial charge in [-0.2, -0.15) is 4.98 Å². The van der Waals surface area contributed by atoms with Crippen LogP contribution in [0, 0.1) is 11.6 Å². The first-order chi connectivity index (χ1) is 13.3. The van der Waals surface area contributed by atoms with Crippen LogP contribution in [0.1, 0.15) is 34.8 Å². The number of aromatic nitrogens is 3. The van der Waals surface area contributed by atoms with Crippen molar-refractivity contribution in [1.82, 2.24) is 24.6 Å². The summed E-state index contributed by atoms with van der Waals surface area (Å²) in [5.74, 6) is -3.25. The first-order valence-corrected chi connectivity index (χ1v) is 8.77. The zero-order chi connectivity index (χ0) is 20.6. The van der Waals surface area contributed by atoms with Gasteiger partial charge in [0.15, 0.2) is 11.6 Å². The summed E-state index contributed by atoms with van der Waals surface area (Å²) in [6.07, 6.45) is 0. The van der Waals surface area contributed by atoms with Crippen LogP contribution in [0.5, 0.6) is 6.01 Å². The second kappa shape index (κ2) is 7.53. The summed E-state index contributed by atoms with van der Waals surface area (Å²) in [5, 5.41) is 4.06. The summed E-state index contributed by atoms with van der Waals surface area (Å²) in [6.45, 7) is 3.93. The maximum absolute atomic E-state index is 14.0. The lowest BCUT2D eigenvalue weighted by atomic mass is 10.0. The predicted molar refractivity (Wildman–Crippen MR) is 94.9 cm³/mol. The maximum Gasteiger partial charge on any atom is 0.314 e. The Hall–Kier alpha value is -3.04. The van der Waals surface area contributed by atoms with Crippen LogP contribution in [-0.4, -0.2) is 68.7 Å². The van der Waals surface area contributed by atoms with Gasteiger partial charge in [0.2, 0.25) is 5.82 Å². The fraction of sp³-hybridized carbons (Fsp3) is 0.444. The highest BCUT2D eigenvalue weighted by Crippen LogP contribution is 2.23. The van der Waals surface area contributed by atoms with Gasteiger partial charge < -0.3 is 14.5 Å². The van der Waals surface area contributed by atoms with Crippen LogP contribution in [0.15, 0.2) is 18.2 Å². The molecule has 1 aromatic carbocycles. The number of amides is 2. The average molecular weight is 393 g/mol. The summed E-state index contributed by atoms with van der Waals surface area (Å²) in [5.41, 5.74) is -0.324. The van der Waals surface area contributed by atoms with Gasteiger partial charge in [0.05, 0.1) is 12.7 Å².